The number of esters is 1. The van der Waals surface area contributed by atoms with Crippen molar-refractivity contribution in [3.63, 3.8) is 0 Å². The van der Waals surface area contributed by atoms with Gasteiger partial charge in [-0.3, -0.25) is 9.69 Å². The molecule has 2 fully saturated rings. The fraction of sp³-hybridized carbons (Fsp3) is 0.923. The first kappa shape index (κ1) is 11.9. The maximum absolute atomic E-state index is 12.0. The minimum atomic E-state index is 0.0243. The first-order chi connectivity index (χ1) is 7.66. The van der Waals surface area contributed by atoms with Crippen LogP contribution in [-0.4, -0.2) is 36.6 Å². The molecule has 1 saturated heterocycles. The van der Waals surface area contributed by atoms with Crippen LogP contribution in [0, 0.1) is 11.8 Å². The van der Waals surface area contributed by atoms with Crippen molar-refractivity contribution in [1.82, 2.24) is 4.90 Å². The van der Waals surface area contributed by atoms with E-state index in [1.54, 1.807) is 0 Å². The Morgan fingerprint density at radius 3 is 2.75 bits per heavy atom. The molecule has 0 radical (unpaired) electrons. The third-order valence-corrected chi connectivity index (χ3v) is 4.49. The molecule has 2 aliphatic rings. The maximum atomic E-state index is 12.0. The van der Waals surface area contributed by atoms with Crippen molar-refractivity contribution < 1.29 is 9.53 Å². The van der Waals surface area contributed by atoms with Crippen LogP contribution in [0.1, 0.15) is 39.5 Å². The molecular weight excluding hydrogens is 202 g/mol. The molecular formula is C13H23NO2. The number of carbonyl (C=O) groups excluding carboxylic acids is 1. The third kappa shape index (κ3) is 1.86. The second-order valence-corrected chi connectivity index (χ2v) is 5.20. The molecule has 3 nitrogen and oxygen atoms in total. The van der Waals surface area contributed by atoms with E-state index < -0.39 is 0 Å². The van der Waals surface area contributed by atoms with Gasteiger partial charge in [0.2, 0.25) is 0 Å². The topological polar surface area (TPSA) is 29.5 Å². The molecule has 0 N–H and O–H groups in total. The molecule has 4 atom stereocenters. The molecule has 1 saturated carbocycles. The van der Waals surface area contributed by atoms with Crippen molar-refractivity contribution in [3.8, 4) is 0 Å². The highest BCUT2D eigenvalue weighted by atomic mass is 16.5. The Kier molecular flexibility index (Phi) is 3.53. The number of carbonyl (C=O) groups is 1. The predicted molar refractivity (Wildman–Crippen MR) is 63.1 cm³/mol. The molecule has 0 aromatic carbocycles. The lowest BCUT2D eigenvalue weighted by molar-refractivity contribution is -0.150. The fourth-order valence-electron chi connectivity index (χ4n) is 3.59. The van der Waals surface area contributed by atoms with Gasteiger partial charge in [-0.2, -0.15) is 0 Å². The van der Waals surface area contributed by atoms with E-state index in [4.69, 9.17) is 4.74 Å². The van der Waals surface area contributed by atoms with Gasteiger partial charge in [-0.1, -0.05) is 12.8 Å². The zero-order chi connectivity index (χ0) is 11.7. The fourth-order valence-corrected chi connectivity index (χ4v) is 3.59. The average molecular weight is 225 g/mol. The Hall–Kier alpha value is -0.570. The van der Waals surface area contributed by atoms with Gasteiger partial charge in [0.25, 0.3) is 0 Å². The van der Waals surface area contributed by atoms with E-state index in [1.807, 2.05) is 6.92 Å². The van der Waals surface area contributed by atoms with Crippen molar-refractivity contribution in [2.24, 2.45) is 11.8 Å². The van der Waals surface area contributed by atoms with Gasteiger partial charge in [0, 0.05) is 12.1 Å². The summed E-state index contributed by atoms with van der Waals surface area (Å²) in [5.74, 6) is 0.666. The molecule has 16 heavy (non-hydrogen) atoms. The molecule has 1 aliphatic carbocycles. The monoisotopic (exact) mass is 225 g/mol. The lowest BCUT2D eigenvalue weighted by atomic mass is 9.78. The highest BCUT2D eigenvalue weighted by molar-refractivity contribution is 5.74. The number of fused-ring (bicyclic) bond motifs is 1. The minimum absolute atomic E-state index is 0.0243. The Morgan fingerprint density at radius 2 is 2.06 bits per heavy atom. The Labute approximate surface area is 98.1 Å². The summed E-state index contributed by atoms with van der Waals surface area (Å²) in [5, 5.41) is 0. The van der Waals surface area contributed by atoms with Crippen molar-refractivity contribution in [1.29, 1.82) is 0 Å². The molecule has 3 heteroatoms. The van der Waals surface area contributed by atoms with Crippen molar-refractivity contribution in [2.75, 3.05) is 13.7 Å². The SMILES string of the molecule is CCOC(=O)C1C2CCCCC2N(C)C1C. The summed E-state index contributed by atoms with van der Waals surface area (Å²) in [7, 11) is 2.16. The molecule has 0 bridgehead atoms. The lowest BCUT2D eigenvalue weighted by Gasteiger charge is -2.30. The lowest BCUT2D eigenvalue weighted by Crippen LogP contribution is -2.34. The molecule has 0 amide bonds. The number of rotatable bonds is 2. The summed E-state index contributed by atoms with van der Waals surface area (Å²) >= 11 is 0. The molecule has 0 aromatic rings. The minimum Gasteiger partial charge on any atom is -0.466 e. The smallest absolute Gasteiger partial charge is 0.310 e. The molecule has 1 aliphatic heterocycles. The standard InChI is InChI=1S/C13H23NO2/c1-4-16-13(15)12-9(2)14(3)11-8-6-5-7-10(11)12/h9-12H,4-8H2,1-3H3. The Bertz CT molecular complexity index is 267. The molecule has 92 valence electrons. The number of hydrogen-bond donors (Lipinski definition) is 0. The number of ether oxygens (including phenoxy) is 1. The largest absolute Gasteiger partial charge is 0.466 e. The van der Waals surface area contributed by atoms with Crippen LogP contribution in [0.2, 0.25) is 0 Å². The molecule has 1 heterocycles. The van der Waals surface area contributed by atoms with E-state index in [-0.39, 0.29) is 11.9 Å². The van der Waals surface area contributed by atoms with Crippen LogP contribution < -0.4 is 0 Å². The van der Waals surface area contributed by atoms with Gasteiger partial charge < -0.3 is 4.74 Å². The van der Waals surface area contributed by atoms with E-state index in [2.05, 4.69) is 18.9 Å². The summed E-state index contributed by atoms with van der Waals surface area (Å²) in [5.41, 5.74) is 0. The zero-order valence-electron chi connectivity index (χ0n) is 10.6. The van der Waals surface area contributed by atoms with E-state index in [0.29, 0.717) is 24.6 Å². The van der Waals surface area contributed by atoms with Crippen molar-refractivity contribution in [3.05, 3.63) is 0 Å². The summed E-state index contributed by atoms with van der Waals surface area (Å²) < 4.78 is 5.23. The molecule has 4 unspecified atom stereocenters. The van der Waals surface area contributed by atoms with Gasteiger partial charge in [-0.25, -0.2) is 0 Å². The zero-order valence-corrected chi connectivity index (χ0v) is 10.6. The van der Waals surface area contributed by atoms with Crippen LogP contribution in [0.4, 0.5) is 0 Å². The summed E-state index contributed by atoms with van der Waals surface area (Å²) in [6.45, 7) is 4.56. The first-order valence-corrected chi connectivity index (χ1v) is 6.55. The van der Waals surface area contributed by atoms with Gasteiger partial charge in [-0.15, -0.1) is 0 Å². The van der Waals surface area contributed by atoms with E-state index in [9.17, 15) is 4.79 Å². The highest BCUT2D eigenvalue weighted by Gasteiger charge is 2.49. The Morgan fingerprint density at radius 1 is 1.38 bits per heavy atom. The second-order valence-electron chi connectivity index (χ2n) is 5.20. The third-order valence-electron chi connectivity index (χ3n) is 4.49. The molecule has 0 spiro atoms. The number of nitrogens with zero attached hydrogens (tertiary/aromatic N) is 1. The van der Waals surface area contributed by atoms with Crippen LogP contribution in [0.5, 0.6) is 0 Å². The highest BCUT2D eigenvalue weighted by Crippen LogP contribution is 2.43. The average Bonchev–Trinajstić information content (AvgIpc) is 2.53. The number of likely N-dealkylation sites (tertiary alicyclic amines) is 1. The summed E-state index contributed by atoms with van der Waals surface area (Å²) in [6, 6.07) is 0.949. The van der Waals surface area contributed by atoms with Gasteiger partial charge in [0.05, 0.1) is 12.5 Å². The van der Waals surface area contributed by atoms with E-state index in [1.165, 1.54) is 25.7 Å². The van der Waals surface area contributed by atoms with Crippen LogP contribution >= 0.6 is 0 Å². The van der Waals surface area contributed by atoms with Gasteiger partial charge in [-0.05, 0) is 39.7 Å². The van der Waals surface area contributed by atoms with E-state index >= 15 is 0 Å². The number of hydrogen-bond acceptors (Lipinski definition) is 3. The van der Waals surface area contributed by atoms with E-state index in [0.717, 1.165) is 0 Å². The molecule has 2 rings (SSSR count). The predicted octanol–water partition coefficient (Wildman–Crippen LogP) is 2.06. The van der Waals surface area contributed by atoms with Crippen LogP contribution in [0.25, 0.3) is 0 Å². The van der Waals surface area contributed by atoms with Crippen LogP contribution in [-0.2, 0) is 9.53 Å². The van der Waals surface area contributed by atoms with Crippen molar-refractivity contribution >= 4 is 5.97 Å². The van der Waals surface area contributed by atoms with Gasteiger partial charge in [0.15, 0.2) is 0 Å². The maximum Gasteiger partial charge on any atom is 0.310 e. The van der Waals surface area contributed by atoms with Crippen LogP contribution in [0.3, 0.4) is 0 Å². The summed E-state index contributed by atoms with van der Waals surface area (Å²) in [6.07, 6.45) is 5.04. The second kappa shape index (κ2) is 4.74. The first-order valence-electron chi connectivity index (χ1n) is 6.55. The van der Waals surface area contributed by atoms with Crippen molar-refractivity contribution in [2.45, 2.75) is 51.6 Å². The quantitative estimate of drug-likeness (QED) is 0.674. The molecule has 0 aromatic heterocycles. The normalized spacial score (nSPS) is 39.4. The van der Waals surface area contributed by atoms with Gasteiger partial charge in [0.1, 0.15) is 0 Å². The van der Waals surface area contributed by atoms with Gasteiger partial charge >= 0.3 is 5.97 Å². The Balaban J connectivity index is 2.14. The van der Waals surface area contributed by atoms with Crippen LogP contribution in [0.15, 0.2) is 0 Å². The summed E-state index contributed by atoms with van der Waals surface area (Å²) in [4.78, 5) is 14.4.